The van der Waals surface area contributed by atoms with Gasteiger partial charge in [0.15, 0.2) is 0 Å². The van der Waals surface area contributed by atoms with E-state index in [0.717, 1.165) is 88.2 Å². The van der Waals surface area contributed by atoms with Gasteiger partial charge in [-0.15, -0.1) is 0 Å². The molecule has 0 amide bonds. The molecule has 2 saturated heterocycles. The first-order valence-corrected chi connectivity index (χ1v) is 16.4. The summed E-state index contributed by atoms with van der Waals surface area (Å²) in [6.07, 6.45) is 5.94. The summed E-state index contributed by atoms with van der Waals surface area (Å²) >= 11 is 0. The molecule has 3 aromatic carbocycles. The summed E-state index contributed by atoms with van der Waals surface area (Å²) in [5, 5.41) is 15.2. The van der Waals surface area contributed by atoms with Crippen LogP contribution in [-0.2, 0) is 11.2 Å². The molecule has 1 aromatic heterocycles. The van der Waals surface area contributed by atoms with Gasteiger partial charge in [0.1, 0.15) is 24.0 Å². The number of likely N-dealkylation sites (N-methyl/N-ethyl adjacent to an activating group) is 1. The minimum atomic E-state index is -0.252. The average Bonchev–Trinajstić information content (AvgIpc) is 3.25. The number of aryl methyl sites for hydroxylation is 1. The molecule has 0 spiro atoms. The number of aromatic nitrogens is 2. The van der Waals surface area contributed by atoms with Crippen molar-refractivity contribution in [2.24, 2.45) is 10.9 Å². The molecule has 3 aliphatic heterocycles. The van der Waals surface area contributed by atoms with Crippen molar-refractivity contribution in [3.05, 3.63) is 52.3 Å². The number of ether oxygens (including phenoxy) is 2. The van der Waals surface area contributed by atoms with Crippen LogP contribution >= 0.6 is 0 Å². The highest BCUT2D eigenvalue weighted by atomic mass is 19.1. The molecular formula is C36H42FN5O3. The van der Waals surface area contributed by atoms with Gasteiger partial charge in [-0.2, -0.15) is 9.97 Å². The van der Waals surface area contributed by atoms with E-state index in [1.54, 1.807) is 18.2 Å². The van der Waals surface area contributed by atoms with Gasteiger partial charge in [-0.25, -0.2) is 4.39 Å². The van der Waals surface area contributed by atoms with Gasteiger partial charge < -0.3 is 24.4 Å². The van der Waals surface area contributed by atoms with Crippen molar-refractivity contribution in [2.45, 2.75) is 58.5 Å². The van der Waals surface area contributed by atoms with Crippen LogP contribution in [0.2, 0.25) is 0 Å². The van der Waals surface area contributed by atoms with Crippen molar-refractivity contribution in [1.82, 2.24) is 14.9 Å². The Balaban J connectivity index is 1.53. The zero-order valence-electron chi connectivity index (χ0n) is 26.6. The van der Waals surface area contributed by atoms with Gasteiger partial charge in [0, 0.05) is 36.5 Å². The van der Waals surface area contributed by atoms with Crippen LogP contribution in [0, 0.1) is 11.7 Å². The third kappa shape index (κ3) is 5.50. The molecule has 2 fully saturated rings. The van der Waals surface area contributed by atoms with Crippen LogP contribution in [0.15, 0.2) is 35.3 Å². The fraction of sp³-hybridized carbons (Fsp3) is 0.472. The Hall–Kier alpha value is -3.82. The van der Waals surface area contributed by atoms with E-state index in [2.05, 4.69) is 36.8 Å². The molecule has 4 heterocycles. The third-order valence-corrected chi connectivity index (χ3v) is 9.88. The Morgan fingerprint density at radius 3 is 2.69 bits per heavy atom. The Bertz CT molecular complexity index is 1890. The minimum absolute atomic E-state index is 0.0432. The number of aromatic hydroxyl groups is 1. The van der Waals surface area contributed by atoms with E-state index in [4.69, 9.17) is 24.4 Å². The molecule has 0 saturated carbocycles. The van der Waals surface area contributed by atoms with Gasteiger partial charge >= 0.3 is 6.01 Å². The number of halogens is 1. The van der Waals surface area contributed by atoms with Crippen LogP contribution in [0.4, 0.5) is 10.2 Å². The van der Waals surface area contributed by atoms with Crippen LogP contribution in [0.1, 0.15) is 45.6 Å². The van der Waals surface area contributed by atoms with E-state index in [0.29, 0.717) is 43.8 Å². The van der Waals surface area contributed by atoms with Crippen LogP contribution in [-0.4, -0.2) is 78.6 Å². The van der Waals surface area contributed by atoms with E-state index < -0.39 is 0 Å². The SMILES string of the molecule is CCc1c(F)ccc2cc(O)cc(-c3cc4nc(OCC5CCCN5C)nc(N5CCCOCC5)c4c4c3=NC(C)C(C)C=4)c12. The summed E-state index contributed by atoms with van der Waals surface area (Å²) in [7, 11) is 2.14. The molecule has 1 N–H and O–H groups in total. The molecule has 236 valence electrons. The number of fused-ring (bicyclic) bond motifs is 4. The lowest BCUT2D eigenvalue weighted by Crippen LogP contribution is -2.38. The average molecular weight is 612 g/mol. The molecule has 3 unspecified atom stereocenters. The van der Waals surface area contributed by atoms with Crippen LogP contribution in [0.25, 0.3) is 38.9 Å². The molecule has 9 heteroatoms. The Labute approximate surface area is 263 Å². The maximum Gasteiger partial charge on any atom is 0.319 e. The molecule has 45 heavy (non-hydrogen) atoms. The zero-order valence-corrected chi connectivity index (χ0v) is 26.6. The number of phenols is 1. The number of hydrogen-bond acceptors (Lipinski definition) is 8. The quantitative estimate of drug-likeness (QED) is 0.329. The largest absolute Gasteiger partial charge is 0.508 e. The number of nitrogens with zero attached hydrogens (tertiary/aromatic N) is 5. The van der Waals surface area contributed by atoms with Gasteiger partial charge in [-0.3, -0.25) is 4.99 Å². The molecule has 3 aliphatic rings. The van der Waals surface area contributed by atoms with Gasteiger partial charge in [0.25, 0.3) is 0 Å². The fourth-order valence-electron chi connectivity index (χ4n) is 7.18. The predicted octanol–water partition coefficient (Wildman–Crippen LogP) is 5.00. The standard InChI is InChI=1S/C36H42FN5O3/c1-5-26-30(37)10-9-23-17-25(43)18-27(32(23)26)28-19-31-33(29-16-21(2)22(3)38-34(28)29)35(42-12-7-14-44-15-13-42)40-36(39-31)45-20-24-8-6-11-41(24)4/h9-10,16-19,21-22,24,43H,5-8,11-15,20H2,1-4H3. The highest BCUT2D eigenvalue weighted by Crippen LogP contribution is 2.37. The van der Waals surface area contributed by atoms with E-state index in [-0.39, 0.29) is 23.5 Å². The molecule has 4 aromatic rings. The second kappa shape index (κ2) is 12.2. The smallest absolute Gasteiger partial charge is 0.319 e. The van der Waals surface area contributed by atoms with E-state index in [1.165, 1.54) is 6.07 Å². The zero-order chi connectivity index (χ0) is 31.2. The van der Waals surface area contributed by atoms with E-state index in [9.17, 15) is 5.11 Å². The molecular weight excluding hydrogens is 569 g/mol. The first kappa shape index (κ1) is 29.9. The van der Waals surface area contributed by atoms with E-state index in [1.807, 2.05) is 13.0 Å². The summed E-state index contributed by atoms with van der Waals surface area (Å²) in [6, 6.07) is 9.43. The topological polar surface area (TPSA) is 83.3 Å². The van der Waals surface area contributed by atoms with E-state index >= 15 is 4.39 Å². The molecule has 0 aliphatic carbocycles. The fourth-order valence-corrected chi connectivity index (χ4v) is 7.18. The Kier molecular flexibility index (Phi) is 8.08. The number of rotatable bonds is 6. The van der Waals surface area contributed by atoms with Crippen molar-refractivity contribution in [3.63, 3.8) is 0 Å². The summed E-state index contributed by atoms with van der Waals surface area (Å²) in [4.78, 5) is 20.0. The lowest BCUT2D eigenvalue weighted by molar-refractivity contribution is 0.152. The molecule has 8 nitrogen and oxygen atoms in total. The normalized spacial score (nSPS) is 22.2. The van der Waals surface area contributed by atoms with Gasteiger partial charge in [0.05, 0.1) is 28.9 Å². The van der Waals surface area contributed by atoms with Crippen molar-refractivity contribution < 1.29 is 19.0 Å². The van der Waals surface area contributed by atoms with Gasteiger partial charge in [-0.05, 0) is 98.3 Å². The first-order chi connectivity index (χ1) is 21.8. The van der Waals surface area contributed by atoms with Crippen LogP contribution in [0.5, 0.6) is 11.8 Å². The molecule has 0 bridgehead atoms. The number of phenolic OH excluding ortho intramolecular Hbond substituents is 1. The number of hydrogen-bond donors (Lipinski definition) is 1. The number of likely N-dealkylation sites (tertiary alicyclic amines) is 1. The number of benzene rings is 3. The maximum atomic E-state index is 15.3. The summed E-state index contributed by atoms with van der Waals surface area (Å²) in [6.45, 7) is 10.7. The Morgan fingerprint density at radius 1 is 1.02 bits per heavy atom. The first-order valence-electron chi connectivity index (χ1n) is 16.4. The highest BCUT2D eigenvalue weighted by molar-refractivity contribution is 6.03. The van der Waals surface area contributed by atoms with Crippen LogP contribution < -0.4 is 20.2 Å². The van der Waals surface area contributed by atoms with Gasteiger partial charge in [0.2, 0.25) is 0 Å². The van der Waals surface area contributed by atoms with Crippen molar-refractivity contribution in [3.8, 4) is 22.9 Å². The summed E-state index contributed by atoms with van der Waals surface area (Å²) in [5.41, 5.74) is 2.93. The minimum Gasteiger partial charge on any atom is -0.508 e. The lowest BCUT2D eigenvalue weighted by atomic mass is 9.89. The van der Waals surface area contributed by atoms with Crippen molar-refractivity contribution >= 4 is 33.6 Å². The third-order valence-electron chi connectivity index (χ3n) is 9.88. The monoisotopic (exact) mass is 611 g/mol. The number of anilines is 1. The van der Waals surface area contributed by atoms with Crippen LogP contribution in [0.3, 0.4) is 0 Å². The maximum absolute atomic E-state index is 15.3. The van der Waals surface area contributed by atoms with Crippen molar-refractivity contribution in [2.75, 3.05) is 51.4 Å². The molecule has 7 rings (SSSR count). The summed E-state index contributed by atoms with van der Waals surface area (Å²) < 4.78 is 27.4. The van der Waals surface area contributed by atoms with Gasteiger partial charge in [-0.1, -0.05) is 26.0 Å². The highest BCUT2D eigenvalue weighted by Gasteiger charge is 2.26. The van der Waals surface area contributed by atoms with Crippen molar-refractivity contribution in [1.29, 1.82) is 0 Å². The lowest BCUT2D eigenvalue weighted by Gasteiger charge is -2.26. The summed E-state index contributed by atoms with van der Waals surface area (Å²) in [5.74, 6) is 0.892. The second-order valence-corrected chi connectivity index (χ2v) is 12.8. The predicted molar refractivity (Wildman–Crippen MR) is 176 cm³/mol. The Morgan fingerprint density at radius 2 is 1.89 bits per heavy atom. The molecule has 0 radical (unpaired) electrons. The second-order valence-electron chi connectivity index (χ2n) is 12.8. The molecule has 3 atom stereocenters.